The third-order valence-corrected chi connectivity index (χ3v) is 6.20. The Morgan fingerprint density at radius 1 is 1.05 bits per heavy atom. The van der Waals surface area contributed by atoms with E-state index >= 15 is 0 Å². The van der Waals surface area contributed by atoms with E-state index in [4.69, 9.17) is 34.8 Å². The Morgan fingerprint density at radius 3 is 2.49 bits per heavy atom. The van der Waals surface area contributed by atoms with Crippen LogP contribution in [0.1, 0.15) is 45.2 Å². The molecule has 1 saturated carbocycles. The Hall–Kier alpha value is -3.75. The molecule has 2 amide bonds. The largest absolute Gasteiger partial charge is 0.455 e. The number of halogens is 6. The van der Waals surface area contributed by atoms with Crippen molar-refractivity contribution >= 4 is 52.3 Å². The molecule has 3 aromatic heterocycles. The number of hydrogen-bond donors (Lipinski definition) is 2. The van der Waals surface area contributed by atoms with Gasteiger partial charge in [-0.2, -0.15) is 23.1 Å². The number of pyridine rings is 1. The molecule has 39 heavy (non-hydrogen) atoms. The Kier molecular flexibility index (Phi) is 7.18. The standard InChI is InChI=1S/C22H15Cl3F3N9O2/c23-10-6-13(19(38)30-11-3-4-11)17(15(25)7-10)31-20(39)16-8-12(9-36-34-21(32-35-36)22(26,27)28)33-37(16)18-14(24)2-1-5-29-18/h1-2,5-8,11H,3-4,9H2,(H,30,38)(H,31,39). The van der Waals surface area contributed by atoms with Crippen molar-refractivity contribution in [3.8, 4) is 5.82 Å². The Balaban J connectivity index is 1.51. The van der Waals surface area contributed by atoms with E-state index in [9.17, 15) is 22.8 Å². The summed E-state index contributed by atoms with van der Waals surface area (Å²) in [5.41, 5.74) is 0.00280. The molecule has 0 radical (unpaired) electrons. The minimum absolute atomic E-state index is 0.00148. The summed E-state index contributed by atoms with van der Waals surface area (Å²) in [6.07, 6.45) is -1.71. The summed E-state index contributed by atoms with van der Waals surface area (Å²) >= 11 is 18.7. The van der Waals surface area contributed by atoms with E-state index in [-0.39, 0.29) is 56.1 Å². The van der Waals surface area contributed by atoms with Crippen LogP contribution in [0.15, 0.2) is 36.5 Å². The second-order valence-electron chi connectivity index (χ2n) is 8.39. The molecule has 1 fully saturated rings. The lowest BCUT2D eigenvalue weighted by atomic mass is 10.1. The zero-order chi connectivity index (χ0) is 27.9. The molecule has 17 heteroatoms. The fourth-order valence-corrected chi connectivity index (χ4v) is 4.22. The number of alkyl halides is 3. The maximum Gasteiger partial charge on any atom is 0.455 e. The molecule has 2 N–H and O–H groups in total. The molecule has 0 aliphatic heterocycles. The SMILES string of the molecule is O=C(NC1CC1)c1cc(Cl)cc(Cl)c1NC(=O)c1cc(Cn2nnc(C(F)(F)F)n2)nn1-c1ncccc1Cl. The average Bonchev–Trinajstić information content (AvgIpc) is 3.37. The van der Waals surface area contributed by atoms with Gasteiger partial charge < -0.3 is 10.6 Å². The monoisotopic (exact) mass is 599 g/mol. The molecule has 0 spiro atoms. The van der Waals surface area contributed by atoms with Crippen LogP contribution in [0, 0.1) is 0 Å². The van der Waals surface area contributed by atoms with E-state index in [2.05, 4.69) is 36.1 Å². The molecule has 3 heterocycles. The van der Waals surface area contributed by atoms with E-state index in [1.54, 1.807) is 6.07 Å². The molecular formula is C22H15Cl3F3N9O2. The minimum atomic E-state index is -4.79. The predicted molar refractivity (Wildman–Crippen MR) is 133 cm³/mol. The van der Waals surface area contributed by atoms with Crippen LogP contribution in [0.2, 0.25) is 15.1 Å². The van der Waals surface area contributed by atoms with Gasteiger partial charge in [0.15, 0.2) is 5.82 Å². The van der Waals surface area contributed by atoms with Crippen LogP contribution in [0.3, 0.4) is 0 Å². The molecular weight excluding hydrogens is 586 g/mol. The zero-order valence-corrected chi connectivity index (χ0v) is 21.6. The van der Waals surface area contributed by atoms with Gasteiger partial charge in [0.1, 0.15) is 12.2 Å². The van der Waals surface area contributed by atoms with Crippen molar-refractivity contribution < 1.29 is 22.8 Å². The summed E-state index contributed by atoms with van der Waals surface area (Å²) in [5.74, 6) is -2.62. The molecule has 0 saturated heterocycles. The normalized spacial score (nSPS) is 13.4. The van der Waals surface area contributed by atoms with Gasteiger partial charge in [-0.3, -0.25) is 9.59 Å². The number of amides is 2. The highest BCUT2D eigenvalue weighted by Crippen LogP contribution is 2.32. The van der Waals surface area contributed by atoms with Crippen molar-refractivity contribution in [1.82, 2.24) is 40.3 Å². The van der Waals surface area contributed by atoms with Crippen molar-refractivity contribution in [3.05, 3.63) is 74.4 Å². The average molecular weight is 601 g/mol. The molecule has 1 aromatic carbocycles. The van der Waals surface area contributed by atoms with Crippen LogP contribution in [0.5, 0.6) is 0 Å². The second kappa shape index (κ2) is 10.4. The number of aromatic nitrogens is 7. The van der Waals surface area contributed by atoms with Gasteiger partial charge in [0.2, 0.25) is 0 Å². The van der Waals surface area contributed by atoms with Gasteiger partial charge in [-0.1, -0.05) is 34.8 Å². The summed E-state index contributed by atoms with van der Waals surface area (Å²) in [6.45, 7) is -0.364. The smallest absolute Gasteiger partial charge is 0.349 e. The lowest BCUT2D eigenvalue weighted by Crippen LogP contribution is -2.27. The first kappa shape index (κ1) is 26.8. The number of hydrogen-bond acceptors (Lipinski definition) is 7. The first-order valence-corrected chi connectivity index (χ1v) is 12.3. The van der Waals surface area contributed by atoms with Gasteiger partial charge in [0.05, 0.1) is 27.0 Å². The van der Waals surface area contributed by atoms with Gasteiger partial charge in [-0.25, -0.2) is 9.67 Å². The Morgan fingerprint density at radius 2 is 1.82 bits per heavy atom. The van der Waals surface area contributed by atoms with Crippen LogP contribution in [-0.4, -0.2) is 52.8 Å². The lowest BCUT2D eigenvalue weighted by molar-refractivity contribution is -0.145. The van der Waals surface area contributed by atoms with E-state index in [1.807, 2.05) is 0 Å². The maximum atomic E-state index is 13.5. The van der Waals surface area contributed by atoms with Crippen LogP contribution >= 0.6 is 34.8 Å². The molecule has 11 nitrogen and oxygen atoms in total. The fraction of sp³-hybridized carbons (Fsp3) is 0.227. The summed E-state index contributed by atoms with van der Waals surface area (Å²) < 4.78 is 39.8. The van der Waals surface area contributed by atoms with Gasteiger partial charge in [0.25, 0.3) is 17.6 Å². The van der Waals surface area contributed by atoms with Crippen LogP contribution in [0.25, 0.3) is 5.82 Å². The first-order chi connectivity index (χ1) is 18.5. The van der Waals surface area contributed by atoms with Crippen molar-refractivity contribution in [3.63, 3.8) is 0 Å². The number of tetrazole rings is 1. The number of carbonyl (C=O) groups is 2. The number of carbonyl (C=O) groups excluding carboxylic acids is 2. The Bertz CT molecular complexity index is 1580. The number of rotatable bonds is 7. The third kappa shape index (κ3) is 5.97. The van der Waals surface area contributed by atoms with Crippen LogP contribution in [-0.2, 0) is 12.7 Å². The molecule has 1 aliphatic rings. The van der Waals surface area contributed by atoms with Gasteiger partial charge >= 0.3 is 6.18 Å². The lowest BCUT2D eigenvalue weighted by Gasteiger charge is -2.14. The highest BCUT2D eigenvalue weighted by Gasteiger charge is 2.37. The topological polar surface area (TPSA) is 133 Å². The summed E-state index contributed by atoms with van der Waals surface area (Å²) in [5, 5.41) is 19.7. The highest BCUT2D eigenvalue weighted by atomic mass is 35.5. The van der Waals surface area contributed by atoms with E-state index in [1.165, 1.54) is 30.5 Å². The van der Waals surface area contributed by atoms with Gasteiger partial charge in [0, 0.05) is 17.3 Å². The summed E-state index contributed by atoms with van der Waals surface area (Å²) in [6, 6.07) is 7.11. The maximum absolute atomic E-state index is 13.5. The van der Waals surface area contributed by atoms with Gasteiger partial charge in [-0.05, 0) is 48.4 Å². The molecule has 1 aliphatic carbocycles. The van der Waals surface area contributed by atoms with Crippen LogP contribution < -0.4 is 10.6 Å². The predicted octanol–water partition coefficient (Wildman–Crippen LogP) is 4.43. The summed E-state index contributed by atoms with van der Waals surface area (Å²) in [4.78, 5) is 31.2. The van der Waals surface area contributed by atoms with Gasteiger partial charge in [-0.15, -0.1) is 10.2 Å². The van der Waals surface area contributed by atoms with E-state index < -0.39 is 23.8 Å². The van der Waals surface area contributed by atoms with Crippen molar-refractivity contribution in [1.29, 1.82) is 0 Å². The van der Waals surface area contributed by atoms with Crippen molar-refractivity contribution in [2.75, 3.05) is 5.32 Å². The number of nitrogens with one attached hydrogen (secondary N) is 2. The molecule has 4 aromatic rings. The summed E-state index contributed by atoms with van der Waals surface area (Å²) in [7, 11) is 0. The zero-order valence-electron chi connectivity index (χ0n) is 19.4. The minimum Gasteiger partial charge on any atom is -0.349 e. The number of anilines is 1. The number of benzene rings is 1. The van der Waals surface area contributed by atoms with Crippen molar-refractivity contribution in [2.24, 2.45) is 0 Å². The molecule has 0 atom stereocenters. The highest BCUT2D eigenvalue weighted by molar-refractivity contribution is 6.38. The van der Waals surface area contributed by atoms with E-state index in [0.717, 1.165) is 17.5 Å². The third-order valence-electron chi connectivity index (χ3n) is 5.39. The Labute approximate surface area is 232 Å². The van der Waals surface area contributed by atoms with E-state index in [0.29, 0.717) is 4.80 Å². The van der Waals surface area contributed by atoms with Crippen molar-refractivity contribution in [2.45, 2.75) is 31.6 Å². The number of nitrogens with zero attached hydrogens (tertiary/aromatic N) is 7. The molecule has 5 rings (SSSR count). The molecule has 0 unspecified atom stereocenters. The quantitative estimate of drug-likeness (QED) is 0.321. The fourth-order valence-electron chi connectivity index (χ4n) is 3.48. The molecule has 0 bridgehead atoms. The first-order valence-electron chi connectivity index (χ1n) is 11.2. The molecule has 202 valence electrons. The second-order valence-corrected chi connectivity index (χ2v) is 9.65. The van der Waals surface area contributed by atoms with Crippen LogP contribution in [0.4, 0.5) is 18.9 Å².